The average Bonchev–Trinajstić information content (AvgIpc) is 3.02. The van der Waals surface area contributed by atoms with Gasteiger partial charge in [0.15, 0.2) is 0 Å². The molecule has 34 heavy (non-hydrogen) atoms. The number of rotatable bonds is 4. The monoisotopic (exact) mass is 458 g/mol. The molecule has 1 atom stereocenters. The minimum atomic E-state index is -1.20. The molecule has 1 unspecified atom stereocenters. The molecule has 0 spiro atoms. The molecule has 1 amide bonds. The number of benzene rings is 2. The first-order valence-corrected chi connectivity index (χ1v) is 10.7. The number of nitrogens with one attached hydrogen (secondary N) is 2. The van der Waals surface area contributed by atoms with Crippen LogP contribution in [0.15, 0.2) is 82.8 Å². The van der Waals surface area contributed by atoms with Crippen molar-refractivity contribution < 1.29 is 14.3 Å². The Morgan fingerprint density at radius 2 is 1.74 bits per heavy atom. The minimum Gasteiger partial charge on any atom is -0.481 e. The molecule has 1 aromatic heterocycles. The highest BCUT2D eigenvalue weighted by Gasteiger charge is 2.26. The number of nitrogens with zero attached hydrogens (tertiary/aromatic N) is 3. The lowest BCUT2D eigenvalue weighted by Gasteiger charge is -2.10. The number of para-hydroxylation sites is 1. The molecule has 0 saturated carbocycles. The van der Waals surface area contributed by atoms with Crippen LogP contribution in [0.5, 0.6) is 5.88 Å². The van der Waals surface area contributed by atoms with Gasteiger partial charge in [-0.1, -0.05) is 68.4 Å². The number of fused-ring (bicyclic) bond motifs is 1. The second-order valence-electron chi connectivity index (χ2n) is 6.72. The molecule has 174 valence electrons. The van der Waals surface area contributed by atoms with Gasteiger partial charge in [-0.15, -0.1) is 0 Å². The Morgan fingerprint density at radius 3 is 2.47 bits per heavy atom. The zero-order chi connectivity index (χ0) is 24.5. The molecule has 4 rings (SSSR count). The van der Waals surface area contributed by atoms with Crippen LogP contribution in [0.4, 0.5) is 5.69 Å². The summed E-state index contributed by atoms with van der Waals surface area (Å²) in [7, 11) is 1.47. The quantitative estimate of drug-likeness (QED) is 0.406. The number of hydrogen-bond donors (Lipinski definition) is 3. The fourth-order valence-electron chi connectivity index (χ4n) is 3.12. The van der Waals surface area contributed by atoms with E-state index in [4.69, 9.17) is 20.6 Å². The first kappa shape index (κ1) is 24.1. The van der Waals surface area contributed by atoms with E-state index in [-0.39, 0.29) is 17.6 Å². The van der Waals surface area contributed by atoms with Crippen molar-refractivity contribution in [3.63, 3.8) is 0 Å². The van der Waals surface area contributed by atoms with Crippen LogP contribution < -0.4 is 15.8 Å². The fourth-order valence-corrected chi connectivity index (χ4v) is 3.12. The summed E-state index contributed by atoms with van der Waals surface area (Å²) in [5, 5.41) is 10.9. The van der Waals surface area contributed by atoms with E-state index in [9.17, 15) is 4.79 Å². The summed E-state index contributed by atoms with van der Waals surface area (Å²) in [5.41, 5.74) is 8.89. The van der Waals surface area contributed by atoms with Crippen molar-refractivity contribution in [3.05, 3.63) is 89.6 Å². The summed E-state index contributed by atoms with van der Waals surface area (Å²) in [4.78, 5) is 25.6. The summed E-state index contributed by atoms with van der Waals surface area (Å²) >= 11 is 0. The molecule has 9 nitrogen and oxygen atoms in total. The van der Waals surface area contributed by atoms with Gasteiger partial charge in [-0.25, -0.2) is 9.98 Å². The van der Waals surface area contributed by atoms with Gasteiger partial charge >= 0.3 is 0 Å². The Bertz CT molecular complexity index is 1220. The third-order valence-corrected chi connectivity index (χ3v) is 4.59. The van der Waals surface area contributed by atoms with E-state index < -0.39 is 12.1 Å². The van der Waals surface area contributed by atoms with E-state index >= 15 is 0 Å². The van der Waals surface area contributed by atoms with Gasteiger partial charge in [-0.05, 0) is 12.1 Å². The van der Waals surface area contributed by atoms with E-state index in [0.717, 1.165) is 11.1 Å². The first-order valence-electron chi connectivity index (χ1n) is 10.7. The van der Waals surface area contributed by atoms with E-state index in [1.54, 1.807) is 24.3 Å². The molecule has 1 aliphatic rings. The van der Waals surface area contributed by atoms with Gasteiger partial charge < -0.3 is 20.5 Å². The lowest BCUT2D eigenvalue weighted by Crippen LogP contribution is -2.29. The largest absolute Gasteiger partial charge is 0.481 e. The highest BCUT2D eigenvalue weighted by molar-refractivity contribution is 6.19. The number of nitrogens with two attached hydrogens (primary N) is 1. The van der Waals surface area contributed by atoms with Crippen LogP contribution in [0.25, 0.3) is 0 Å². The lowest BCUT2D eigenvalue weighted by atomic mass is 10.0. The molecule has 0 bridgehead atoms. The molecule has 0 fully saturated rings. The standard InChI is InChI=1S/C23H20N6O3.C2H6/c1-31-18-13-7-12-17(26-18)20(24)32-23(25)29-21-22(30)27-16-11-6-5-10-15(16)19(28-21)14-8-3-2-4-9-14;1-2/h2-13,21,24H,1H3,(H2,25,29)(H,27,30);1-2H3. The third-order valence-electron chi connectivity index (χ3n) is 4.59. The van der Waals surface area contributed by atoms with Gasteiger partial charge in [0.1, 0.15) is 5.69 Å². The van der Waals surface area contributed by atoms with Crippen LogP contribution in [-0.4, -0.2) is 41.8 Å². The zero-order valence-corrected chi connectivity index (χ0v) is 19.1. The third kappa shape index (κ3) is 5.63. The van der Waals surface area contributed by atoms with Crippen molar-refractivity contribution >= 4 is 29.2 Å². The maximum atomic E-state index is 12.8. The number of aliphatic imine (C=N–C) groups is 2. The molecule has 1 aliphatic heterocycles. The van der Waals surface area contributed by atoms with Crippen molar-refractivity contribution in [1.29, 1.82) is 5.41 Å². The maximum absolute atomic E-state index is 12.8. The van der Waals surface area contributed by atoms with Crippen LogP contribution in [0, 0.1) is 5.41 Å². The molecule has 9 heteroatoms. The topological polar surface area (TPSA) is 135 Å². The van der Waals surface area contributed by atoms with Gasteiger partial charge in [0.25, 0.3) is 11.9 Å². The molecule has 2 aromatic carbocycles. The predicted molar refractivity (Wildman–Crippen MR) is 133 cm³/mol. The SMILES string of the molecule is CC.COc1cccc(C(=N)O/C(N)=N/C2N=C(c3ccccc3)c3ccccc3NC2=O)n1. The van der Waals surface area contributed by atoms with Crippen molar-refractivity contribution in [3.8, 4) is 5.88 Å². The van der Waals surface area contributed by atoms with Gasteiger partial charge in [0.2, 0.25) is 17.9 Å². The molecule has 0 saturated heterocycles. The summed E-state index contributed by atoms with van der Waals surface area (Å²) in [6.07, 6.45) is -1.20. The van der Waals surface area contributed by atoms with Crippen molar-refractivity contribution in [2.24, 2.45) is 15.7 Å². The Balaban J connectivity index is 0.00000158. The zero-order valence-electron chi connectivity index (χ0n) is 19.1. The van der Waals surface area contributed by atoms with Gasteiger partial charge in [0.05, 0.1) is 18.5 Å². The molecule has 4 N–H and O–H groups in total. The van der Waals surface area contributed by atoms with Crippen molar-refractivity contribution in [1.82, 2.24) is 4.98 Å². The number of carbonyl (C=O) groups is 1. The number of anilines is 1. The van der Waals surface area contributed by atoms with Crippen molar-refractivity contribution in [2.75, 3.05) is 12.4 Å². The van der Waals surface area contributed by atoms with Crippen LogP contribution in [0.2, 0.25) is 0 Å². The Kier molecular flexibility index (Phi) is 8.07. The molecular weight excluding hydrogens is 432 g/mol. The normalized spacial score (nSPS) is 14.9. The Labute approximate surface area is 197 Å². The van der Waals surface area contributed by atoms with Crippen LogP contribution in [0.3, 0.4) is 0 Å². The van der Waals surface area contributed by atoms with E-state index in [1.165, 1.54) is 7.11 Å². The number of methoxy groups -OCH3 is 1. The van der Waals surface area contributed by atoms with Crippen LogP contribution in [0.1, 0.15) is 30.7 Å². The Hall–Kier alpha value is -4.53. The number of aromatic nitrogens is 1. The molecule has 2 heterocycles. The molecular formula is C25H26N6O3. The fraction of sp³-hybridized carbons (Fsp3) is 0.160. The number of amides is 1. The summed E-state index contributed by atoms with van der Waals surface area (Å²) < 4.78 is 10.3. The number of hydrogen-bond acceptors (Lipinski definition) is 7. The highest BCUT2D eigenvalue weighted by Crippen LogP contribution is 2.24. The van der Waals surface area contributed by atoms with Crippen LogP contribution >= 0.6 is 0 Å². The first-order chi connectivity index (χ1) is 16.5. The molecule has 0 aliphatic carbocycles. The van der Waals surface area contributed by atoms with Crippen LogP contribution in [-0.2, 0) is 9.53 Å². The summed E-state index contributed by atoms with van der Waals surface area (Å²) in [6, 6.07) is 21.3. The molecule has 0 radical (unpaired) electrons. The van der Waals surface area contributed by atoms with E-state index in [0.29, 0.717) is 17.3 Å². The second-order valence-corrected chi connectivity index (χ2v) is 6.72. The average molecular weight is 459 g/mol. The summed E-state index contributed by atoms with van der Waals surface area (Å²) in [5.74, 6) is -0.486. The summed E-state index contributed by atoms with van der Waals surface area (Å²) in [6.45, 7) is 4.00. The van der Waals surface area contributed by atoms with E-state index in [1.807, 2.05) is 62.4 Å². The number of carbonyl (C=O) groups excluding carboxylic acids is 1. The predicted octanol–water partition coefficient (Wildman–Crippen LogP) is 3.59. The van der Waals surface area contributed by atoms with Crippen molar-refractivity contribution in [2.45, 2.75) is 20.0 Å². The number of ether oxygens (including phenoxy) is 2. The van der Waals surface area contributed by atoms with E-state index in [2.05, 4.69) is 20.3 Å². The molecule has 3 aromatic rings. The second kappa shape index (κ2) is 11.4. The smallest absolute Gasteiger partial charge is 0.291 e. The Morgan fingerprint density at radius 1 is 1.03 bits per heavy atom. The highest BCUT2D eigenvalue weighted by atomic mass is 16.5. The minimum absolute atomic E-state index is 0.202. The number of amidine groups is 1. The maximum Gasteiger partial charge on any atom is 0.291 e. The lowest BCUT2D eigenvalue weighted by molar-refractivity contribution is -0.117. The van der Waals surface area contributed by atoms with Gasteiger partial charge in [0, 0.05) is 17.2 Å². The number of pyridine rings is 1. The van der Waals surface area contributed by atoms with Gasteiger partial charge in [-0.2, -0.15) is 4.99 Å². The van der Waals surface area contributed by atoms with Gasteiger partial charge in [-0.3, -0.25) is 10.2 Å². The number of benzodiazepines with no additional fused rings is 1.